The Balaban J connectivity index is 2.23. The molecule has 0 radical (unpaired) electrons. The molecule has 0 aromatic heterocycles. The second-order valence-corrected chi connectivity index (χ2v) is 3.56. The second kappa shape index (κ2) is 6.61. The maximum atomic E-state index is 11.2. The Kier molecular flexibility index (Phi) is 5.05. The van der Waals surface area contributed by atoms with Gasteiger partial charge in [0, 0.05) is 12.5 Å². The fraction of sp³-hybridized carbons (Fsp3) is 0.333. The van der Waals surface area contributed by atoms with Gasteiger partial charge in [0.1, 0.15) is 12.9 Å². The molecule has 0 saturated heterocycles. The lowest BCUT2D eigenvalue weighted by molar-refractivity contribution is -0.110. The number of ether oxygens (including phenoxy) is 1. The molecular formula is C12H15NO3. The molecule has 0 spiro atoms. The lowest BCUT2D eigenvalue weighted by atomic mass is 10.2. The highest BCUT2D eigenvalue weighted by Crippen LogP contribution is 2.00. The number of benzene rings is 1. The predicted octanol–water partition coefficient (Wildman–Crippen LogP) is 1.75. The van der Waals surface area contributed by atoms with E-state index in [2.05, 4.69) is 5.32 Å². The average molecular weight is 221 g/mol. The summed E-state index contributed by atoms with van der Waals surface area (Å²) in [6.07, 6.45) is 0.287. The van der Waals surface area contributed by atoms with Gasteiger partial charge in [-0.25, -0.2) is 4.79 Å². The van der Waals surface area contributed by atoms with Crippen LogP contribution in [-0.2, 0) is 16.1 Å². The molecule has 1 aromatic carbocycles. The molecule has 1 N–H and O–H groups in total. The Labute approximate surface area is 94.6 Å². The molecule has 1 rings (SSSR count). The molecular weight excluding hydrogens is 206 g/mol. The summed E-state index contributed by atoms with van der Waals surface area (Å²) in [5, 5.41) is 2.51. The molecule has 4 nitrogen and oxygen atoms in total. The van der Waals surface area contributed by atoms with E-state index in [-0.39, 0.29) is 12.5 Å². The molecule has 0 unspecified atom stereocenters. The van der Waals surface area contributed by atoms with Crippen molar-refractivity contribution in [2.75, 3.05) is 6.54 Å². The number of nitrogens with one attached hydrogen (secondary N) is 1. The van der Waals surface area contributed by atoms with E-state index in [1.165, 1.54) is 0 Å². The maximum Gasteiger partial charge on any atom is 0.407 e. The minimum atomic E-state index is -0.502. The van der Waals surface area contributed by atoms with Crippen LogP contribution in [0, 0.1) is 5.92 Å². The molecule has 0 heterocycles. The molecule has 0 fully saturated rings. The van der Waals surface area contributed by atoms with Gasteiger partial charge < -0.3 is 14.8 Å². The van der Waals surface area contributed by atoms with Crippen molar-refractivity contribution >= 4 is 12.4 Å². The summed E-state index contributed by atoms with van der Waals surface area (Å²) in [5.41, 5.74) is 0.932. The SMILES string of the molecule is C[C@H](C=O)CNC(=O)OCc1ccccc1. The fourth-order valence-corrected chi connectivity index (χ4v) is 1.07. The van der Waals surface area contributed by atoms with Crippen LogP contribution in [0.15, 0.2) is 30.3 Å². The van der Waals surface area contributed by atoms with Crippen molar-refractivity contribution in [3.8, 4) is 0 Å². The van der Waals surface area contributed by atoms with E-state index in [0.29, 0.717) is 6.54 Å². The quantitative estimate of drug-likeness (QED) is 0.770. The van der Waals surface area contributed by atoms with Gasteiger partial charge in [-0.2, -0.15) is 0 Å². The van der Waals surface area contributed by atoms with Gasteiger partial charge in [-0.05, 0) is 5.56 Å². The van der Waals surface area contributed by atoms with E-state index in [1.54, 1.807) is 6.92 Å². The molecule has 1 aromatic rings. The molecule has 0 saturated carbocycles. The van der Waals surface area contributed by atoms with Crippen molar-refractivity contribution in [1.29, 1.82) is 0 Å². The van der Waals surface area contributed by atoms with Gasteiger partial charge in [0.2, 0.25) is 0 Å². The molecule has 1 atom stereocenters. The first-order valence-electron chi connectivity index (χ1n) is 5.12. The molecule has 86 valence electrons. The fourth-order valence-electron chi connectivity index (χ4n) is 1.07. The van der Waals surface area contributed by atoms with E-state index in [4.69, 9.17) is 4.74 Å². The van der Waals surface area contributed by atoms with Crippen molar-refractivity contribution in [2.45, 2.75) is 13.5 Å². The van der Waals surface area contributed by atoms with Crippen molar-refractivity contribution in [2.24, 2.45) is 5.92 Å². The largest absolute Gasteiger partial charge is 0.445 e. The zero-order valence-electron chi connectivity index (χ0n) is 9.18. The number of hydrogen-bond acceptors (Lipinski definition) is 3. The Morgan fingerprint density at radius 2 is 2.12 bits per heavy atom. The van der Waals surface area contributed by atoms with Crippen molar-refractivity contribution < 1.29 is 14.3 Å². The summed E-state index contributed by atoms with van der Waals surface area (Å²) >= 11 is 0. The topological polar surface area (TPSA) is 55.4 Å². The molecule has 0 aliphatic heterocycles. The number of carbonyl (C=O) groups is 2. The first kappa shape index (κ1) is 12.2. The van der Waals surface area contributed by atoms with E-state index >= 15 is 0 Å². The van der Waals surface area contributed by atoms with Gasteiger partial charge in [-0.3, -0.25) is 0 Å². The molecule has 0 aliphatic rings. The minimum Gasteiger partial charge on any atom is -0.445 e. The number of hydrogen-bond donors (Lipinski definition) is 1. The van der Waals surface area contributed by atoms with Gasteiger partial charge >= 0.3 is 6.09 Å². The molecule has 16 heavy (non-hydrogen) atoms. The van der Waals surface area contributed by atoms with E-state index < -0.39 is 6.09 Å². The summed E-state index contributed by atoms with van der Waals surface area (Å²) in [7, 11) is 0. The highest BCUT2D eigenvalue weighted by atomic mass is 16.5. The van der Waals surface area contributed by atoms with E-state index in [1.807, 2.05) is 30.3 Å². The van der Waals surface area contributed by atoms with Crippen LogP contribution in [-0.4, -0.2) is 18.9 Å². The highest BCUT2D eigenvalue weighted by molar-refractivity contribution is 5.67. The van der Waals surface area contributed by atoms with Gasteiger partial charge in [-0.15, -0.1) is 0 Å². The Morgan fingerprint density at radius 1 is 1.44 bits per heavy atom. The monoisotopic (exact) mass is 221 g/mol. The normalized spacial score (nSPS) is 11.6. The molecule has 0 aliphatic carbocycles. The minimum absolute atomic E-state index is 0.190. The number of amides is 1. The zero-order chi connectivity index (χ0) is 11.8. The Morgan fingerprint density at radius 3 is 2.75 bits per heavy atom. The number of alkyl carbamates (subject to hydrolysis) is 1. The molecule has 4 heteroatoms. The lowest BCUT2D eigenvalue weighted by Crippen LogP contribution is -2.29. The number of carbonyl (C=O) groups excluding carboxylic acids is 2. The standard InChI is InChI=1S/C12H15NO3/c1-10(8-14)7-13-12(15)16-9-11-5-3-2-4-6-11/h2-6,8,10H,7,9H2,1H3,(H,13,15)/t10-/m0/s1. The van der Waals surface area contributed by atoms with Gasteiger partial charge in [0.25, 0.3) is 0 Å². The van der Waals surface area contributed by atoms with Crippen LogP contribution < -0.4 is 5.32 Å². The van der Waals surface area contributed by atoms with Crippen molar-refractivity contribution in [3.63, 3.8) is 0 Å². The summed E-state index contributed by atoms with van der Waals surface area (Å²) in [5.74, 6) is -0.190. The van der Waals surface area contributed by atoms with Gasteiger partial charge in [-0.1, -0.05) is 37.3 Å². The van der Waals surface area contributed by atoms with Crippen LogP contribution in [0.25, 0.3) is 0 Å². The lowest BCUT2D eigenvalue weighted by Gasteiger charge is -2.08. The van der Waals surface area contributed by atoms with Crippen molar-refractivity contribution in [1.82, 2.24) is 5.32 Å². The van der Waals surface area contributed by atoms with Crippen LogP contribution in [0.4, 0.5) is 4.79 Å². The zero-order valence-corrected chi connectivity index (χ0v) is 9.18. The third-order valence-electron chi connectivity index (χ3n) is 2.01. The van der Waals surface area contributed by atoms with Crippen molar-refractivity contribution in [3.05, 3.63) is 35.9 Å². The number of rotatable bonds is 5. The highest BCUT2D eigenvalue weighted by Gasteiger charge is 2.04. The van der Waals surface area contributed by atoms with E-state index in [9.17, 15) is 9.59 Å². The van der Waals surface area contributed by atoms with Gasteiger partial charge in [0.15, 0.2) is 0 Å². The van der Waals surface area contributed by atoms with Crippen LogP contribution in [0.2, 0.25) is 0 Å². The van der Waals surface area contributed by atoms with Crippen LogP contribution in [0.3, 0.4) is 0 Å². The maximum absolute atomic E-state index is 11.2. The third kappa shape index (κ3) is 4.59. The summed E-state index contributed by atoms with van der Waals surface area (Å²) < 4.78 is 4.96. The summed E-state index contributed by atoms with van der Waals surface area (Å²) in [4.78, 5) is 21.5. The summed E-state index contributed by atoms with van der Waals surface area (Å²) in [6.45, 7) is 2.27. The van der Waals surface area contributed by atoms with Crippen LogP contribution in [0.1, 0.15) is 12.5 Å². The van der Waals surface area contributed by atoms with Crippen LogP contribution >= 0.6 is 0 Å². The third-order valence-corrected chi connectivity index (χ3v) is 2.01. The smallest absolute Gasteiger partial charge is 0.407 e. The Hall–Kier alpha value is -1.84. The van der Waals surface area contributed by atoms with E-state index in [0.717, 1.165) is 11.8 Å². The average Bonchev–Trinajstić information content (AvgIpc) is 2.34. The first-order chi connectivity index (χ1) is 7.72. The Bertz CT molecular complexity index is 337. The van der Waals surface area contributed by atoms with Gasteiger partial charge in [0.05, 0.1) is 0 Å². The van der Waals surface area contributed by atoms with Crippen LogP contribution in [0.5, 0.6) is 0 Å². The molecule has 1 amide bonds. The number of aldehydes is 1. The predicted molar refractivity (Wildman–Crippen MR) is 59.9 cm³/mol. The second-order valence-electron chi connectivity index (χ2n) is 3.56. The first-order valence-corrected chi connectivity index (χ1v) is 5.12. The molecule has 0 bridgehead atoms. The summed E-state index contributed by atoms with van der Waals surface area (Å²) in [6, 6.07) is 9.41.